The molecule has 3 nitrogen and oxygen atoms in total. The maximum Gasteiger partial charge on any atom is 0.279 e. The molecule has 0 saturated carbocycles. The smallest absolute Gasteiger partial charge is 0.279 e. The van der Waals surface area contributed by atoms with Gasteiger partial charge in [-0.2, -0.15) is 0 Å². The number of allylic oxidation sites excluding steroid dienone is 1. The van der Waals surface area contributed by atoms with E-state index in [1.165, 1.54) is 18.2 Å². The third kappa shape index (κ3) is 3.72. The second kappa shape index (κ2) is 6.09. The van der Waals surface area contributed by atoms with Crippen molar-refractivity contribution in [2.45, 2.75) is 37.8 Å². The van der Waals surface area contributed by atoms with E-state index in [1.54, 1.807) is 6.26 Å². The van der Waals surface area contributed by atoms with Crippen LogP contribution >= 0.6 is 11.8 Å². The average molecular weight is 214 g/mol. The highest BCUT2D eigenvalue weighted by Crippen LogP contribution is 2.12. The molecule has 0 aliphatic heterocycles. The minimum absolute atomic E-state index is 0.00401. The molecule has 0 radical (unpaired) electrons. The van der Waals surface area contributed by atoms with E-state index < -0.39 is 0 Å². The Morgan fingerprint density at radius 3 is 3.07 bits per heavy atom. The Hall–Kier alpha value is -0.480. The molecule has 0 fully saturated rings. The van der Waals surface area contributed by atoms with Gasteiger partial charge in [0.25, 0.3) is 5.24 Å². The first-order valence-corrected chi connectivity index (χ1v) is 6.23. The van der Waals surface area contributed by atoms with Gasteiger partial charge in [-0.05, 0) is 25.5 Å². The summed E-state index contributed by atoms with van der Waals surface area (Å²) in [4.78, 5) is 11.2. The van der Waals surface area contributed by atoms with E-state index in [0.717, 1.165) is 19.3 Å². The highest BCUT2D eigenvalue weighted by Gasteiger charge is 2.17. The van der Waals surface area contributed by atoms with Crippen molar-refractivity contribution < 1.29 is 4.79 Å². The number of amides is 1. The van der Waals surface area contributed by atoms with Crippen molar-refractivity contribution in [3.05, 3.63) is 12.2 Å². The first-order chi connectivity index (χ1) is 6.74. The lowest BCUT2D eigenvalue weighted by Gasteiger charge is -2.23. The topological polar surface area (TPSA) is 55.1 Å². The Labute approximate surface area is 89.5 Å². The Balaban J connectivity index is 2.52. The summed E-state index contributed by atoms with van der Waals surface area (Å²) in [6, 6.07) is 0.0675. The number of carbonyl (C=O) groups is 1. The van der Waals surface area contributed by atoms with E-state index >= 15 is 0 Å². The Morgan fingerprint density at radius 2 is 2.36 bits per heavy atom. The standard InChI is InChI=1S/C10H18N2OS/c1-14-10(13)12-9-7-5-3-2-4-6-8(9)11/h5,7-9H,2-4,6,11H2,1H3,(H,12,13)/b7-5+/t8-,9+/m1/s1. The van der Waals surface area contributed by atoms with E-state index in [4.69, 9.17) is 5.73 Å². The summed E-state index contributed by atoms with van der Waals surface area (Å²) in [5, 5.41) is 2.89. The summed E-state index contributed by atoms with van der Waals surface area (Å²) in [7, 11) is 0. The average Bonchev–Trinajstić information content (AvgIpc) is 2.17. The number of rotatable bonds is 1. The normalized spacial score (nSPS) is 30.1. The molecule has 14 heavy (non-hydrogen) atoms. The van der Waals surface area contributed by atoms with Gasteiger partial charge in [0.15, 0.2) is 0 Å². The second-order valence-electron chi connectivity index (χ2n) is 3.54. The summed E-state index contributed by atoms with van der Waals surface area (Å²) >= 11 is 1.19. The van der Waals surface area contributed by atoms with E-state index in [0.29, 0.717) is 0 Å². The lowest BCUT2D eigenvalue weighted by molar-refractivity contribution is 0.257. The third-order valence-corrected chi connectivity index (χ3v) is 2.92. The summed E-state index contributed by atoms with van der Waals surface area (Å²) in [5.41, 5.74) is 5.98. The lowest BCUT2D eigenvalue weighted by atomic mass is 9.98. The van der Waals surface area contributed by atoms with E-state index in [-0.39, 0.29) is 17.3 Å². The van der Waals surface area contributed by atoms with Crippen LogP contribution in [0.2, 0.25) is 0 Å². The molecule has 1 aliphatic rings. The molecule has 0 saturated heterocycles. The van der Waals surface area contributed by atoms with Crippen LogP contribution in [0.4, 0.5) is 4.79 Å². The van der Waals surface area contributed by atoms with Crippen molar-refractivity contribution in [3.63, 3.8) is 0 Å². The number of hydrogen-bond donors (Lipinski definition) is 2. The quantitative estimate of drug-likeness (QED) is 0.655. The summed E-state index contributed by atoms with van der Waals surface area (Å²) < 4.78 is 0. The highest BCUT2D eigenvalue weighted by atomic mass is 32.2. The zero-order valence-corrected chi connectivity index (χ0v) is 9.35. The fourth-order valence-corrected chi connectivity index (χ4v) is 1.81. The van der Waals surface area contributed by atoms with Crippen LogP contribution in [0.1, 0.15) is 25.7 Å². The Morgan fingerprint density at radius 1 is 1.57 bits per heavy atom. The van der Waals surface area contributed by atoms with Gasteiger partial charge in [0.2, 0.25) is 0 Å². The highest BCUT2D eigenvalue weighted by molar-refractivity contribution is 8.12. The van der Waals surface area contributed by atoms with Crippen molar-refractivity contribution >= 4 is 17.0 Å². The molecule has 3 N–H and O–H groups in total. The van der Waals surface area contributed by atoms with Crippen LogP contribution in [-0.2, 0) is 0 Å². The lowest BCUT2D eigenvalue weighted by Crippen LogP contribution is -2.45. The molecule has 80 valence electrons. The molecule has 0 spiro atoms. The molecule has 1 amide bonds. The number of hydrogen-bond acceptors (Lipinski definition) is 3. The Kier molecular flexibility index (Phi) is 5.04. The van der Waals surface area contributed by atoms with E-state index in [2.05, 4.69) is 11.4 Å². The number of thioether (sulfide) groups is 1. The summed E-state index contributed by atoms with van der Waals surface area (Å²) in [5.74, 6) is 0. The predicted octanol–water partition coefficient (Wildman–Crippen LogP) is 1.89. The van der Waals surface area contributed by atoms with Gasteiger partial charge in [-0.15, -0.1) is 0 Å². The van der Waals surface area contributed by atoms with Gasteiger partial charge < -0.3 is 11.1 Å². The first-order valence-electron chi connectivity index (χ1n) is 5.01. The van der Waals surface area contributed by atoms with Gasteiger partial charge in [0, 0.05) is 6.04 Å². The van der Waals surface area contributed by atoms with Gasteiger partial charge >= 0.3 is 0 Å². The fourth-order valence-electron chi connectivity index (χ4n) is 1.56. The maximum absolute atomic E-state index is 11.2. The number of carbonyl (C=O) groups excluding carboxylic acids is 1. The van der Waals surface area contributed by atoms with E-state index in [1.807, 2.05) is 6.08 Å². The van der Waals surface area contributed by atoms with Crippen LogP contribution in [0.3, 0.4) is 0 Å². The molecule has 0 bridgehead atoms. The van der Waals surface area contributed by atoms with Crippen LogP contribution in [0.25, 0.3) is 0 Å². The van der Waals surface area contributed by atoms with Crippen LogP contribution < -0.4 is 11.1 Å². The first kappa shape index (κ1) is 11.6. The monoisotopic (exact) mass is 214 g/mol. The van der Waals surface area contributed by atoms with Gasteiger partial charge in [-0.1, -0.05) is 30.3 Å². The maximum atomic E-state index is 11.2. The largest absolute Gasteiger partial charge is 0.339 e. The van der Waals surface area contributed by atoms with Crippen molar-refractivity contribution in [1.82, 2.24) is 5.32 Å². The zero-order valence-electron chi connectivity index (χ0n) is 8.53. The molecule has 1 aliphatic carbocycles. The molecule has 0 unspecified atom stereocenters. The summed E-state index contributed by atoms with van der Waals surface area (Å²) in [6.07, 6.45) is 10.3. The van der Waals surface area contributed by atoms with Gasteiger partial charge in [0.1, 0.15) is 0 Å². The number of nitrogens with two attached hydrogens (primary N) is 1. The molecule has 0 aromatic heterocycles. The second-order valence-corrected chi connectivity index (χ2v) is 4.32. The number of nitrogens with one attached hydrogen (secondary N) is 1. The van der Waals surface area contributed by atoms with Crippen molar-refractivity contribution in [2.75, 3.05) is 6.26 Å². The minimum Gasteiger partial charge on any atom is -0.339 e. The van der Waals surface area contributed by atoms with Crippen molar-refractivity contribution in [1.29, 1.82) is 0 Å². The molecule has 0 heterocycles. The van der Waals surface area contributed by atoms with E-state index in [9.17, 15) is 4.79 Å². The summed E-state index contributed by atoms with van der Waals surface area (Å²) in [6.45, 7) is 0. The molecule has 4 heteroatoms. The molecule has 1 rings (SSSR count). The van der Waals surface area contributed by atoms with Crippen molar-refractivity contribution in [2.24, 2.45) is 5.73 Å². The third-order valence-electron chi connectivity index (χ3n) is 2.43. The molecule has 2 atom stereocenters. The van der Waals surface area contributed by atoms with Gasteiger partial charge in [0.05, 0.1) is 6.04 Å². The van der Waals surface area contributed by atoms with Gasteiger partial charge in [-0.25, -0.2) is 0 Å². The predicted molar refractivity (Wildman–Crippen MR) is 61.4 cm³/mol. The van der Waals surface area contributed by atoms with Gasteiger partial charge in [-0.3, -0.25) is 4.79 Å². The molecular weight excluding hydrogens is 196 g/mol. The van der Waals surface area contributed by atoms with Crippen LogP contribution in [0.15, 0.2) is 12.2 Å². The van der Waals surface area contributed by atoms with Crippen molar-refractivity contribution in [3.8, 4) is 0 Å². The van der Waals surface area contributed by atoms with Crippen LogP contribution in [0, 0.1) is 0 Å². The minimum atomic E-state index is -0.00401. The molecule has 0 aromatic carbocycles. The van der Waals surface area contributed by atoms with Crippen LogP contribution in [0.5, 0.6) is 0 Å². The SMILES string of the molecule is CSC(=O)N[C@H]1/C=C/CCCC[C@H]1N. The van der Waals surface area contributed by atoms with Crippen LogP contribution in [-0.4, -0.2) is 23.6 Å². The fraction of sp³-hybridized carbons (Fsp3) is 0.700. The molecular formula is C10H18N2OS. The molecule has 0 aromatic rings. The Bertz CT molecular complexity index is 218. The zero-order chi connectivity index (χ0) is 10.4.